The monoisotopic (exact) mass is 396 g/mol. The molecule has 0 aliphatic carbocycles. The van der Waals surface area contributed by atoms with Crippen molar-refractivity contribution in [3.8, 4) is 0 Å². The van der Waals surface area contributed by atoms with Crippen LogP contribution in [0.2, 0.25) is 0 Å². The first-order valence-corrected chi connectivity index (χ1v) is 9.82. The molecule has 27 heavy (non-hydrogen) atoms. The van der Waals surface area contributed by atoms with Gasteiger partial charge in [0.15, 0.2) is 11.6 Å². The van der Waals surface area contributed by atoms with Gasteiger partial charge in [-0.25, -0.2) is 21.9 Å². The SMILES string of the molecule is CC(C)(C)NS(=O)(=O)c1cccc(NC(=O)CCc2ccc(F)c(F)c2)c1. The molecule has 0 spiro atoms. The summed E-state index contributed by atoms with van der Waals surface area (Å²) >= 11 is 0. The van der Waals surface area contributed by atoms with Gasteiger partial charge in [0.1, 0.15) is 0 Å². The predicted molar refractivity (Wildman–Crippen MR) is 99.8 cm³/mol. The van der Waals surface area contributed by atoms with Crippen LogP contribution in [0.15, 0.2) is 47.4 Å². The van der Waals surface area contributed by atoms with E-state index in [9.17, 15) is 22.0 Å². The van der Waals surface area contributed by atoms with Gasteiger partial charge >= 0.3 is 0 Å². The molecule has 8 heteroatoms. The lowest BCUT2D eigenvalue weighted by atomic mass is 10.1. The number of carbonyl (C=O) groups excluding carboxylic acids is 1. The summed E-state index contributed by atoms with van der Waals surface area (Å²) < 4.78 is 53.4. The number of hydrogen-bond donors (Lipinski definition) is 2. The zero-order valence-electron chi connectivity index (χ0n) is 15.3. The number of carbonyl (C=O) groups is 1. The normalized spacial score (nSPS) is 12.0. The second-order valence-electron chi connectivity index (χ2n) is 7.18. The topological polar surface area (TPSA) is 75.3 Å². The third kappa shape index (κ3) is 6.41. The summed E-state index contributed by atoms with van der Waals surface area (Å²) in [6.45, 7) is 5.19. The Bertz CT molecular complexity index is 938. The van der Waals surface area contributed by atoms with E-state index in [4.69, 9.17) is 0 Å². The van der Waals surface area contributed by atoms with Gasteiger partial charge < -0.3 is 5.32 Å². The molecule has 0 fully saturated rings. The van der Waals surface area contributed by atoms with Crippen LogP contribution >= 0.6 is 0 Å². The maximum Gasteiger partial charge on any atom is 0.241 e. The van der Waals surface area contributed by atoms with Crippen molar-refractivity contribution in [3.63, 3.8) is 0 Å². The molecule has 146 valence electrons. The maximum atomic E-state index is 13.2. The molecular formula is C19H22F2N2O3S. The molecule has 0 aliphatic heterocycles. The van der Waals surface area contributed by atoms with Crippen LogP contribution in [0.3, 0.4) is 0 Å². The van der Waals surface area contributed by atoms with Gasteiger partial charge in [0.25, 0.3) is 0 Å². The van der Waals surface area contributed by atoms with E-state index < -0.39 is 27.2 Å². The number of sulfonamides is 1. The Morgan fingerprint density at radius 3 is 2.37 bits per heavy atom. The average Bonchev–Trinajstić information content (AvgIpc) is 2.54. The van der Waals surface area contributed by atoms with Crippen LogP contribution in [0, 0.1) is 11.6 Å². The fourth-order valence-electron chi connectivity index (χ4n) is 2.38. The maximum absolute atomic E-state index is 13.2. The van der Waals surface area contributed by atoms with E-state index in [0.29, 0.717) is 11.3 Å². The molecule has 2 aromatic rings. The lowest BCUT2D eigenvalue weighted by molar-refractivity contribution is -0.116. The van der Waals surface area contributed by atoms with Crippen LogP contribution in [0.25, 0.3) is 0 Å². The van der Waals surface area contributed by atoms with Crippen molar-refractivity contribution in [1.29, 1.82) is 0 Å². The van der Waals surface area contributed by atoms with Gasteiger partial charge in [-0.2, -0.15) is 0 Å². The highest BCUT2D eigenvalue weighted by Crippen LogP contribution is 2.18. The number of rotatable bonds is 6. The number of halogens is 2. The molecule has 0 aromatic heterocycles. The molecule has 0 heterocycles. The number of benzene rings is 2. The molecule has 0 saturated carbocycles. The first-order chi connectivity index (χ1) is 12.5. The second kappa shape index (κ2) is 8.14. The van der Waals surface area contributed by atoms with E-state index in [1.165, 1.54) is 24.3 Å². The van der Waals surface area contributed by atoms with Crippen molar-refractivity contribution in [2.45, 2.75) is 44.0 Å². The Kier molecular flexibility index (Phi) is 6.33. The number of aryl methyl sites for hydroxylation is 1. The summed E-state index contributed by atoms with van der Waals surface area (Å²) in [6.07, 6.45) is 0.273. The Hall–Kier alpha value is -2.32. The van der Waals surface area contributed by atoms with Gasteiger partial charge in [-0.3, -0.25) is 4.79 Å². The minimum atomic E-state index is -3.72. The first kappa shape index (κ1) is 21.0. The molecule has 0 bridgehead atoms. The van der Waals surface area contributed by atoms with Crippen molar-refractivity contribution in [3.05, 3.63) is 59.7 Å². The molecule has 0 radical (unpaired) electrons. The predicted octanol–water partition coefficient (Wildman–Crippen LogP) is 3.61. The van der Waals surface area contributed by atoms with Crippen LogP contribution in [-0.2, 0) is 21.2 Å². The van der Waals surface area contributed by atoms with Crippen molar-refractivity contribution >= 4 is 21.6 Å². The number of nitrogens with one attached hydrogen (secondary N) is 2. The van der Waals surface area contributed by atoms with E-state index in [1.54, 1.807) is 26.8 Å². The summed E-state index contributed by atoms with van der Waals surface area (Å²) in [5.41, 5.74) is 0.194. The summed E-state index contributed by atoms with van der Waals surface area (Å²) in [6, 6.07) is 9.38. The van der Waals surface area contributed by atoms with Crippen LogP contribution < -0.4 is 10.0 Å². The number of hydrogen-bond acceptors (Lipinski definition) is 3. The number of amides is 1. The Morgan fingerprint density at radius 1 is 1.04 bits per heavy atom. The Balaban J connectivity index is 2.03. The molecule has 0 unspecified atom stereocenters. The first-order valence-electron chi connectivity index (χ1n) is 8.34. The molecule has 2 N–H and O–H groups in total. The molecule has 5 nitrogen and oxygen atoms in total. The van der Waals surface area contributed by atoms with Gasteiger partial charge in [-0.05, 0) is 63.1 Å². The molecule has 0 saturated heterocycles. The highest BCUT2D eigenvalue weighted by atomic mass is 32.2. The zero-order valence-corrected chi connectivity index (χ0v) is 16.2. The van der Waals surface area contributed by atoms with Crippen LogP contribution in [0.1, 0.15) is 32.8 Å². The average molecular weight is 396 g/mol. The lowest BCUT2D eigenvalue weighted by Gasteiger charge is -2.20. The van der Waals surface area contributed by atoms with Gasteiger partial charge in [0.2, 0.25) is 15.9 Å². The van der Waals surface area contributed by atoms with Crippen LogP contribution in [-0.4, -0.2) is 19.9 Å². The van der Waals surface area contributed by atoms with Gasteiger partial charge in [0.05, 0.1) is 4.90 Å². The molecule has 2 aromatic carbocycles. The van der Waals surface area contributed by atoms with Gasteiger partial charge in [-0.1, -0.05) is 12.1 Å². The largest absolute Gasteiger partial charge is 0.326 e. The highest BCUT2D eigenvalue weighted by molar-refractivity contribution is 7.89. The van der Waals surface area contributed by atoms with E-state index in [2.05, 4.69) is 10.0 Å². The van der Waals surface area contributed by atoms with E-state index >= 15 is 0 Å². The van der Waals surface area contributed by atoms with Crippen molar-refractivity contribution in [1.82, 2.24) is 4.72 Å². The quantitative estimate of drug-likeness (QED) is 0.783. The molecular weight excluding hydrogens is 374 g/mol. The Morgan fingerprint density at radius 2 is 1.74 bits per heavy atom. The fraction of sp³-hybridized carbons (Fsp3) is 0.316. The summed E-state index contributed by atoms with van der Waals surface area (Å²) in [7, 11) is -3.72. The summed E-state index contributed by atoms with van der Waals surface area (Å²) in [5.74, 6) is -2.26. The number of anilines is 1. The van der Waals surface area contributed by atoms with Gasteiger partial charge in [-0.15, -0.1) is 0 Å². The highest BCUT2D eigenvalue weighted by Gasteiger charge is 2.22. The molecule has 1 amide bonds. The summed E-state index contributed by atoms with van der Waals surface area (Å²) in [5, 5.41) is 2.61. The fourth-order valence-corrected chi connectivity index (χ4v) is 3.84. The Labute approximate surface area is 157 Å². The molecule has 0 atom stereocenters. The standard InChI is InChI=1S/C19H22F2N2O3S/c1-19(2,3)23-27(25,26)15-6-4-5-14(12-15)22-18(24)10-8-13-7-9-16(20)17(21)11-13/h4-7,9,11-12,23H,8,10H2,1-3H3,(H,22,24). The van der Waals surface area contributed by atoms with Crippen LogP contribution in [0.5, 0.6) is 0 Å². The molecule has 0 aliphatic rings. The van der Waals surface area contributed by atoms with E-state index in [1.807, 2.05) is 0 Å². The summed E-state index contributed by atoms with van der Waals surface area (Å²) in [4.78, 5) is 12.1. The third-order valence-corrected chi connectivity index (χ3v) is 5.25. The van der Waals surface area contributed by atoms with Gasteiger partial charge in [0, 0.05) is 17.6 Å². The van der Waals surface area contributed by atoms with E-state index in [0.717, 1.165) is 12.1 Å². The smallest absolute Gasteiger partial charge is 0.241 e. The minimum Gasteiger partial charge on any atom is -0.326 e. The molecule has 2 rings (SSSR count). The third-order valence-electron chi connectivity index (χ3n) is 3.49. The van der Waals surface area contributed by atoms with E-state index in [-0.39, 0.29) is 23.6 Å². The van der Waals surface area contributed by atoms with Crippen LogP contribution in [0.4, 0.5) is 14.5 Å². The minimum absolute atomic E-state index is 0.0378. The van der Waals surface area contributed by atoms with Crippen molar-refractivity contribution in [2.75, 3.05) is 5.32 Å². The van der Waals surface area contributed by atoms with Crippen molar-refractivity contribution < 1.29 is 22.0 Å². The lowest BCUT2D eigenvalue weighted by Crippen LogP contribution is -2.40. The zero-order chi connectivity index (χ0) is 20.2. The van der Waals surface area contributed by atoms with Crippen molar-refractivity contribution in [2.24, 2.45) is 0 Å². The second-order valence-corrected chi connectivity index (χ2v) is 8.86.